The van der Waals surface area contributed by atoms with Gasteiger partial charge in [0, 0.05) is 37.4 Å². The van der Waals surface area contributed by atoms with Crippen LogP contribution in [0.3, 0.4) is 0 Å². The van der Waals surface area contributed by atoms with Crippen LogP contribution in [0.15, 0.2) is 114 Å². The number of aryl methyl sites for hydroxylation is 1. The fourth-order valence-corrected chi connectivity index (χ4v) is 6.36. The first-order chi connectivity index (χ1) is 18.4. The highest BCUT2D eigenvalue weighted by atomic mass is 32.2. The molecule has 0 aromatic heterocycles. The van der Waals surface area contributed by atoms with Gasteiger partial charge in [-0.1, -0.05) is 78.4 Å². The Kier molecular flexibility index (Phi) is 7.69. The maximum absolute atomic E-state index is 13.4. The van der Waals surface area contributed by atoms with E-state index in [0.29, 0.717) is 37.4 Å². The molecule has 1 heterocycles. The second kappa shape index (κ2) is 11.3. The SMILES string of the molecule is Cc1cccc(C(=O)Nc2ccc(S(=O)(=O)N3CCN(C(c4ccccc4)c4ccccc4)CC3)cc2)c1. The summed E-state index contributed by atoms with van der Waals surface area (Å²) in [5.41, 5.74) is 4.49. The molecule has 38 heavy (non-hydrogen) atoms. The van der Waals surface area contributed by atoms with E-state index in [9.17, 15) is 13.2 Å². The third kappa shape index (κ3) is 5.70. The van der Waals surface area contributed by atoms with Crippen LogP contribution < -0.4 is 5.32 Å². The first-order valence-corrected chi connectivity index (χ1v) is 14.2. The van der Waals surface area contributed by atoms with Gasteiger partial charge in [0.15, 0.2) is 0 Å². The molecule has 194 valence electrons. The quantitative estimate of drug-likeness (QED) is 0.354. The summed E-state index contributed by atoms with van der Waals surface area (Å²) in [5, 5.41) is 2.84. The van der Waals surface area contributed by atoms with Crippen molar-refractivity contribution in [2.45, 2.75) is 17.9 Å². The molecule has 5 rings (SSSR count). The number of nitrogens with one attached hydrogen (secondary N) is 1. The fraction of sp³-hybridized carbons (Fsp3) is 0.194. The second-order valence-electron chi connectivity index (χ2n) is 9.51. The lowest BCUT2D eigenvalue weighted by Gasteiger charge is -2.39. The molecule has 1 aliphatic rings. The summed E-state index contributed by atoms with van der Waals surface area (Å²) in [5.74, 6) is -0.230. The molecule has 1 saturated heterocycles. The Balaban J connectivity index is 1.26. The zero-order chi connectivity index (χ0) is 26.5. The largest absolute Gasteiger partial charge is 0.322 e. The van der Waals surface area contributed by atoms with Gasteiger partial charge in [0.1, 0.15) is 0 Å². The lowest BCUT2D eigenvalue weighted by atomic mass is 9.96. The van der Waals surface area contributed by atoms with Crippen molar-refractivity contribution in [3.63, 3.8) is 0 Å². The monoisotopic (exact) mass is 525 g/mol. The second-order valence-corrected chi connectivity index (χ2v) is 11.4. The van der Waals surface area contributed by atoms with Crippen molar-refractivity contribution in [1.82, 2.24) is 9.21 Å². The Labute approximate surface area is 224 Å². The lowest BCUT2D eigenvalue weighted by Crippen LogP contribution is -2.49. The standard InChI is InChI=1S/C31H31N3O3S/c1-24-9-8-14-27(23-24)31(35)32-28-15-17-29(18-16-28)38(36,37)34-21-19-33(20-22-34)30(25-10-4-2-5-11-25)26-12-6-3-7-13-26/h2-18,23,30H,19-22H2,1H3,(H,32,35). The maximum atomic E-state index is 13.4. The zero-order valence-corrected chi connectivity index (χ0v) is 22.1. The van der Waals surface area contributed by atoms with Crippen molar-refractivity contribution in [3.8, 4) is 0 Å². The summed E-state index contributed by atoms with van der Waals surface area (Å²) >= 11 is 0. The minimum absolute atomic E-state index is 0.0681. The average molecular weight is 526 g/mol. The van der Waals surface area contributed by atoms with Gasteiger partial charge in [-0.2, -0.15) is 4.31 Å². The van der Waals surface area contributed by atoms with Crippen LogP contribution in [0.4, 0.5) is 5.69 Å². The van der Waals surface area contributed by atoms with Gasteiger partial charge >= 0.3 is 0 Å². The van der Waals surface area contributed by atoms with Crippen LogP contribution in [0.2, 0.25) is 0 Å². The fourth-order valence-electron chi connectivity index (χ4n) is 4.94. The number of piperazine rings is 1. The van der Waals surface area contributed by atoms with Crippen LogP contribution in [0.1, 0.15) is 33.1 Å². The Morgan fingerprint density at radius 1 is 0.737 bits per heavy atom. The summed E-state index contributed by atoms with van der Waals surface area (Å²) in [6, 6.07) is 34.5. The molecule has 0 radical (unpaired) electrons. The Bertz CT molecular complexity index is 1440. The van der Waals surface area contributed by atoms with Gasteiger partial charge in [-0.25, -0.2) is 8.42 Å². The topological polar surface area (TPSA) is 69.7 Å². The Hall–Kier alpha value is -3.78. The van der Waals surface area contributed by atoms with E-state index in [1.54, 1.807) is 34.6 Å². The molecule has 1 fully saturated rings. The van der Waals surface area contributed by atoms with Gasteiger partial charge < -0.3 is 5.32 Å². The summed E-state index contributed by atoms with van der Waals surface area (Å²) < 4.78 is 28.4. The molecule has 1 N–H and O–H groups in total. The molecule has 1 amide bonds. The molecule has 6 nitrogen and oxygen atoms in total. The molecule has 4 aromatic rings. The summed E-state index contributed by atoms with van der Waals surface area (Å²) in [6.45, 7) is 3.99. The molecule has 7 heteroatoms. The molecule has 0 bridgehead atoms. The summed E-state index contributed by atoms with van der Waals surface area (Å²) in [7, 11) is -3.65. The van der Waals surface area contributed by atoms with E-state index >= 15 is 0 Å². The lowest BCUT2D eigenvalue weighted by molar-refractivity contribution is 0.102. The molecule has 0 atom stereocenters. The van der Waals surface area contributed by atoms with Gasteiger partial charge in [-0.3, -0.25) is 9.69 Å². The third-order valence-corrected chi connectivity index (χ3v) is 8.81. The van der Waals surface area contributed by atoms with Crippen molar-refractivity contribution < 1.29 is 13.2 Å². The van der Waals surface area contributed by atoms with E-state index in [2.05, 4.69) is 34.5 Å². The van der Waals surface area contributed by atoms with Crippen LogP contribution in [0.25, 0.3) is 0 Å². The predicted octanol–water partition coefficient (Wildman–Crippen LogP) is 5.34. The van der Waals surface area contributed by atoms with E-state index in [0.717, 1.165) is 5.56 Å². The highest BCUT2D eigenvalue weighted by Crippen LogP contribution is 2.30. The van der Waals surface area contributed by atoms with Crippen molar-refractivity contribution in [2.24, 2.45) is 0 Å². The van der Waals surface area contributed by atoms with Crippen molar-refractivity contribution in [2.75, 3.05) is 31.5 Å². The Morgan fingerprint density at radius 2 is 1.32 bits per heavy atom. The van der Waals surface area contributed by atoms with Crippen LogP contribution in [-0.2, 0) is 10.0 Å². The number of hydrogen-bond donors (Lipinski definition) is 1. The number of carbonyl (C=O) groups is 1. The van der Waals surface area contributed by atoms with Gasteiger partial charge in [0.25, 0.3) is 5.91 Å². The van der Waals surface area contributed by atoms with Gasteiger partial charge in [0.2, 0.25) is 10.0 Å². The molecule has 0 spiro atoms. The highest BCUT2D eigenvalue weighted by molar-refractivity contribution is 7.89. The number of nitrogens with zero attached hydrogens (tertiary/aromatic N) is 2. The smallest absolute Gasteiger partial charge is 0.255 e. The van der Waals surface area contributed by atoms with Gasteiger partial charge in [-0.05, 0) is 54.4 Å². The van der Waals surface area contributed by atoms with E-state index in [4.69, 9.17) is 0 Å². The zero-order valence-electron chi connectivity index (χ0n) is 21.3. The summed E-state index contributed by atoms with van der Waals surface area (Å²) in [6.07, 6.45) is 0. The first-order valence-electron chi connectivity index (χ1n) is 12.7. The van der Waals surface area contributed by atoms with Crippen molar-refractivity contribution in [3.05, 3.63) is 131 Å². The molecule has 1 aliphatic heterocycles. The number of hydrogen-bond acceptors (Lipinski definition) is 4. The summed E-state index contributed by atoms with van der Waals surface area (Å²) in [4.78, 5) is 15.1. The molecule has 0 aliphatic carbocycles. The minimum atomic E-state index is -3.65. The van der Waals surface area contributed by atoms with Crippen molar-refractivity contribution in [1.29, 1.82) is 0 Å². The van der Waals surface area contributed by atoms with Crippen LogP contribution in [0, 0.1) is 6.92 Å². The number of amides is 1. The predicted molar refractivity (Wildman–Crippen MR) is 151 cm³/mol. The minimum Gasteiger partial charge on any atom is -0.322 e. The normalized spacial score (nSPS) is 14.9. The number of rotatable bonds is 7. The molecule has 0 saturated carbocycles. The number of benzene rings is 4. The highest BCUT2D eigenvalue weighted by Gasteiger charge is 2.32. The van der Waals surface area contributed by atoms with Crippen LogP contribution >= 0.6 is 0 Å². The average Bonchev–Trinajstić information content (AvgIpc) is 2.95. The van der Waals surface area contributed by atoms with E-state index < -0.39 is 10.0 Å². The molecule has 0 unspecified atom stereocenters. The first kappa shape index (κ1) is 25.9. The van der Waals surface area contributed by atoms with Crippen molar-refractivity contribution >= 4 is 21.6 Å². The van der Waals surface area contributed by atoms with E-state index in [1.807, 2.05) is 61.5 Å². The number of anilines is 1. The van der Waals surface area contributed by atoms with Gasteiger partial charge in [-0.15, -0.1) is 0 Å². The molecular formula is C31H31N3O3S. The van der Waals surface area contributed by atoms with Crippen LogP contribution in [0.5, 0.6) is 0 Å². The van der Waals surface area contributed by atoms with Gasteiger partial charge in [0.05, 0.1) is 10.9 Å². The number of sulfonamides is 1. The molecule has 4 aromatic carbocycles. The third-order valence-electron chi connectivity index (χ3n) is 6.90. The van der Waals surface area contributed by atoms with E-state index in [-0.39, 0.29) is 16.8 Å². The molecular weight excluding hydrogens is 494 g/mol. The maximum Gasteiger partial charge on any atom is 0.255 e. The Morgan fingerprint density at radius 3 is 1.87 bits per heavy atom. The van der Waals surface area contributed by atoms with Crippen LogP contribution in [-0.4, -0.2) is 49.7 Å². The number of carbonyl (C=O) groups excluding carboxylic acids is 1. The van der Waals surface area contributed by atoms with E-state index in [1.165, 1.54) is 11.1 Å².